The summed E-state index contributed by atoms with van der Waals surface area (Å²) < 4.78 is 8.39. The molecule has 4 aliphatic heterocycles. The van der Waals surface area contributed by atoms with E-state index < -0.39 is 24.1 Å². The molecule has 0 saturated carbocycles. The number of carbonyl (C=O) groups is 2. The number of amides is 1. The Bertz CT molecular complexity index is 793. The van der Waals surface area contributed by atoms with Crippen molar-refractivity contribution in [3.8, 4) is 0 Å². The predicted molar refractivity (Wildman–Crippen MR) is 118 cm³/mol. The molecule has 4 N–H and O–H groups in total. The van der Waals surface area contributed by atoms with Crippen LogP contribution in [0.4, 0.5) is 0 Å². The molecule has 0 aromatic carbocycles. The van der Waals surface area contributed by atoms with Crippen molar-refractivity contribution in [1.29, 1.82) is 0 Å². The first kappa shape index (κ1) is 23.2. The van der Waals surface area contributed by atoms with Crippen molar-refractivity contribution in [2.45, 2.75) is 56.2 Å². The topological polar surface area (TPSA) is 123 Å². The van der Waals surface area contributed by atoms with E-state index in [1.54, 1.807) is 18.7 Å². The molecule has 12 heteroatoms. The molecular formula is C19H28BN4O5PS. The van der Waals surface area contributed by atoms with Crippen LogP contribution in [0.2, 0.25) is 0 Å². The Morgan fingerprint density at radius 3 is 2.84 bits per heavy atom. The average molecular weight is 466 g/mol. The average Bonchev–Trinajstić information content (AvgIpc) is 3.46. The molecule has 0 aliphatic carbocycles. The zero-order valence-corrected chi connectivity index (χ0v) is 19.3. The molecule has 1 amide bonds. The van der Waals surface area contributed by atoms with E-state index in [9.17, 15) is 19.8 Å². The molecule has 3 fully saturated rings. The van der Waals surface area contributed by atoms with Crippen molar-refractivity contribution in [3.63, 3.8) is 0 Å². The Morgan fingerprint density at radius 1 is 1.42 bits per heavy atom. The molecular weight excluding hydrogens is 438 g/mol. The van der Waals surface area contributed by atoms with Crippen LogP contribution in [0.3, 0.4) is 0 Å². The summed E-state index contributed by atoms with van der Waals surface area (Å²) in [6.07, 6.45) is 0.546. The Balaban J connectivity index is 1.51. The van der Waals surface area contributed by atoms with E-state index >= 15 is 0 Å². The summed E-state index contributed by atoms with van der Waals surface area (Å²) in [5.74, 6) is -1.27. The zero-order valence-electron chi connectivity index (χ0n) is 17.6. The largest absolute Gasteiger partial charge is 0.393 e. The molecule has 9 nitrogen and oxygen atoms in total. The number of nitrogens with one attached hydrogen (secondary N) is 2. The van der Waals surface area contributed by atoms with Crippen molar-refractivity contribution < 1.29 is 24.3 Å². The number of fused-ring (bicyclic) bond motifs is 1. The van der Waals surface area contributed by atoms with Gasteiger partial charge < -0.3 is 34.9 Å². The molecule has 0 aromatic heterocycles. The maximum Gasteiger partial charge on any atom is 0.365 e. The minimum absolute atomic E-state index is 0.00791. The molecule has 0 unspecified atom stereocenters. The lowest BCUT2D eigenvalue weighted by molar-refractivity contribution is -0.162. The van der Waals surface area contributed by atoms with Crippen LogP contribution in [0.1, 0.15) is 26.7 Å². The van der Waals surface area contributed by atoms with Crippen molar-refractivity contribution in [2.75, 3.05) is 19.6 Å². The van der Waals surface area contributed by atoms with Crippen molar-refractivity contribution in [2.24, 2.45) is 22.4 Å². The van der Waals surface area contributed by atoms with E-state index in [-0.39, 0.29) is 49.4 Å². The normalized spacial score (nSPS) is 37.3. The number of aliphatic hydroxyl groups excluding tert-OH is 2. The first-order valence-electron chi connectivity index (χ1n) is 10.7. The lowest BCUT2D eigenvalue weighted by atomic mass is 9.79. The molecule has 4 heterocycles. The number of aliphatic hydroxyl groups is 2. The fourth-order valence-electron chi connectivity index (χ4n) is 5.33. The van der Waals surface area contributed by atoms with E-state index in [2.05, 4.69) is 15.3 Å². The van der Waals surface area contributed by atoms with E-state index in [0.29, 0.717) is 6.54 Å². The molecule has 4 rings (SSSR count). The van der Waals surface area contributed by atoms with Gasteiger partial charge in [-0.3, -0.25) is 4.79 Å². The first-order chi connectivity index (χ1) is 14.8. The highest BCUT2D eigenvalue weighted by Gasteiger charge is 2.60. The van der Waals surface area contributed by atoms with Gasteiger partial charge in [-0.05, 0) is 26.3 Å². The Kier molecular flexibility index (Phi) is 7.10. The maximum absolute atomic E-state index is 12.8. The Labute approximate surface area is 189 Å². The highest BCUT2D eigenvalue weighted by molar-refractivity contribution is 8.03. The van der Waals surface area contributed by atoms with Gasteiger partial charge in [-0.1, -0.05) is 6.92 Å². The summed E-state index contributed by atoms with van der Waals surface area (Å²) >= 11 is 1.57. The summed E-state index contributed by atoms with van der Waals surface area (Å²) in [6, 6.07) is -0.252. The lowest BCUT2D eigenvalue weighted by Crippen LogP contribution is -2.63. The summed E-state index contributed by atoms with van der Waals surface area (Å²) in [5.41, 5.74) is 0.240. The van der Waals surface area contributed by atoms with E-state index in [1.165, 1.54) is 4.90 Å². The van der Waals surface area contributed by atoms with Gasteiger partial charge in [0.05, 0.1) is 24.2 Å². The number of thioether (sulfide) groups is 1. The third-order valence-corrected chi connectivity index (χ3v) is 8.74. The minimum atomic E-state index is -0.789. The van der Waals surface area contributed by atoms with Crippen LogP contribution in [0, 0.1) is 17.8 Å². The first-order valence-corrected chi connectivity index (χ1v) is 12.3. The van der Waals surface area contributed by atoms with Crippen molar-refractivity contribution >= 4 is 40.2 Å². The van der Waals surface area contributed by atoms with Crippen LogP contribution < -0.4 is 10.6 Å². The predicted octanol–water partition coefficient (Wildman–Crippen LogP) is 0.161. The second kappa shape index (κ2) is 9.49. The van der Waals surface area contributed by atoms with Gasteiger partial charge in [0, 0.05) is 41.1 Å². The monoisotopic (exact) mass is 466 g/mol. The molecule has 8 atom stereocenters. The van der Waals surface area contributed by atoms with Gasteiger partial charge in [-0.15, -0.1) is 11.8 Å². The van der Waals surface area contributed by atoms with Crippen LogP contribution in [0.25, 0.3) is 0 Å². The van der Waals surface area contributed by atoms with Gasteiger partial charge in [-0.2, -0.15) is 0 Å². The Hall–Kier alpha value is -0.965. The van der Waals surface area contributed by atoms with E-state index in [0.717, 1.165) is 30.8 Å². The quantitative estimate of drug-likeness (QED) is 0.238. The zero-order chi connectivity index (χ0) is 22.3. The van der Waals surface area contributed by atoms with Gasteiger partial charge in [-0.25, -0.2) is 4.79 Å². The highest BCUT2D eigenvalue weighted by atomic mass is 32.2. The summed E-state index contributed by atoms with van der Waals surface area (Å²) in [4.78, 5) is 27.7. The third kappa shape index (κ3) is 4.21. The van der Waals surface area contributed by atoms with Gasteiger partial charge in [0.15, 0.2) is 0 Å². The second-order valence-electron chi connectivity index (χ2n) is 8.78. The summed E-state index contributed by atoms with van der Waals surface area (Å²) in [7, 11) is 5.06. The molecule has 31 heavy (non-hydrogen) atoms. The Morgan fingerprint density at radius 2 is 2.19 bits per heavy atom. The third-order valence-electron chi connectivity index (χ3n) is 6.88. The molecule has 2 radical (unpaired) electrons. The molecule has 0 spiro atoms. The number of rotatable bonds is 7. The fraction of sp³-hybridized carbons (Fsp3) is 0.789. The van der Waals surface area contributed by atoms with Crippen molar-refractivity contribution in [1.82, 2.24) is 15.5 Å². The van der Waals surface area contributed by atoms with Gasteiger partial charge in [0.25, 0.3) is 7.98 Å². The molecule has 3 saturated heterocycles. The van der Waals surface area contributed by atoms with Gasteiger partial charge in [0.2, 0.25) is 14.5 Å². The van der Waals surface area contributed by atoms with Crippen LogP contribution in [0.15, 0.2) is 15.3 Å². The highest BCUT2D eigenvalue weighted by Crippen LogP contribution is 2.52. The number of carbonyl (C=O) groups excluding carboxylic acids is 2. The molecule has 168 valence electrons. The van der Waals surface area contributed by atoms with Crippen LogP contribution in [-0.4, -0.2) is 84.1 Å². The van der Waals surface area contributed by atoms with Gasteiger partial charge >= 0.3 is 5.97 Å². The summed E-state index contributed by atoms with van der Waals surface area (Å²) in [6.45, 7) is 6.06. The van der Waals surface area contributed by atoms with Crippen LogP contribution in [-0.2, 0) is 14.1 Å². The van der Waals surface area contributed by atoms with Crippen LogP contribution >= 0.6 is 20.4 Å². The standard InChI is InChI=1S/C19H28BN4O5PS/c1-8-14-13(9(2)25)18(27)24(14)15(19(28)29-30-23-20)17(8)31-11-5-12(22-7-11)16(26)10-3-4-21-6-10/h8-14,16,21-22,25-26H,3-7H2,1-2H3/t8-,9-,10-,11+,12+,13-,14-,16-/m1/s1. The SMILES string of the molecule is [B]N=POC(=O)C1=C(S[C@@H]2CN[C@H]([C@H](O)[C@@H]3CCNC3)C2)[C@H](C)[C@@H]2[C@@H]([C@@H](C)O)C(=O)N12. The second-order valence-corrected chi connectivity index (χ2v) is 10.7. The van der Waals surface area contributed by atoms with Gasteiger partial charge in [0.1, 0.15) is 5.70 Å². The minimum Gasteiger partial charge on any atom is -0.393 e. The fourth-order valence-corrected chi connectivity index (χ4v) is 7.03. The molecule has 0 bridgehead atoms. The molecule has 0 aromatic rings. The lowest BCUT2D eigenvalue weighted by Gasteiger charge is -2.46. The number of β-lactam (4-membered cyclic amide) rings is 1. The van der Waals surface area contributed by atoms with Crippen LogP contribution in [0.5, 0.6) is 0 Å². The smallest absolute Gasteiger partial charge is 0.365 e. The molecule has 4 aliphatic rings. The van der Waals surface area contributed by atoms with E-state index in [1.807, 2.05) is 6.92 Å². The van der Waals surface area contributed by atoms with Crippen molar-refractivity contribution in [3.05, 3.63) is 10.6 Å². The number of hydrogen-bond donors (Lipinski definition) is 4. The maximum atomic E-state index is 12.8. The number of hydrogen-bond acceptors (Lipinski definition) is 9. The number of nitrogens with zero attached hydrogens (tertiary/aromatic N) is 2. The summed E-state index contributed by atoms with van der Waals surface area (Å²) in [5, 5.41) is 27.7. The van der Waals surface area contributed by atoms with E-state index in [4.69, 9.17) is 12.5 Å².